The molecular weight excluding hydrogens is 330 g/mol. The van der Waals surface area contributed by atoms with Crippen LogP contribution >= 0.6 is 35.1 Å². The highest BCUT2D eigenvalue weighted by molar-refractivity contribution is 7.15. The SMILES string of the molecule is CCCCCc1nnc(NC(=O)c2csc(CN)n2)s1.Cl. The molecule has 3 N–H and O–H groups in total. The lowest BCUT2D eigenvalue weighted by Crippen LogP contribution is -2.12. The van der Waals surface area contributed by atoms with Crippen molar-refractivity contribution in [1.82, 2.24) is 15.2 Å². The molecule has 6 nitrogen and oxygen atoms in total. The number of aromatic nitrogens is 3. The monoisotopic (exact) mass is 347 g/mol. The van der Waals surface area contributed by atoms with Crippen molar-refractivity contribution in [2.75, 3.05) is 5.32 Å². The molecule has 21 heavy (non-hydrogen) atoms. The number of carbonyl (C=O) groups excluding carboxylic acids is 1. The minimum atomic E-state index is -0.266. The molecule has 9 heteroatoms. The molecule has 0 atom stereocenters. The Morgan fingerprint density at radius 1 is 1.33 bits per heavy atom. The number of nitrogens with zero attached hydrogens (tertiary/aromatic N) is 3. The third-order valence-electron chi connectivity index (χ3n) is 2.64. The molecule has 0 aliphatic rings. The van der Waals surface area contributed by atoms with Crippen molar-refractivity contribution < 1.29 is 4.79 Å². The third kappa shape index (κ3) is 5.31. The highest BCUT2D eigenvalue weighted by atomic mass is 35.5. The zero-order valence-corrected chi connectivity index (χ0v) is 14.1. The summed E-state index contributed by atoms with van der Waals surface area (Å²) < 4.78 is 0. The average molecular weight is 348 g/mol. The number of aryl methyl sites for hydroxylation is 1. The standard InChI is InChI=1S/C12H17N5OS2.ClH/c1-2-3-4-5-9-16-17-12(20-9)15-11(18)8-7-19-10(6-13)14-8;/h7H,2-6,13H2,1H3,(H,15,17,18);1H. The van der Waals surface area contributed by atoms with E-state index in [4.69, 9.17) is 5.73 Å². The van der Waals surface area contributed by atoms with Crippen LogP contribution in [-0.4, -0.2) is 21.1 Å². The fourth-order valence-corrected chi connectivity index (χ4v) is 3.03. The van der Waals surface area contributed by atoms with Gasteiger partial charge in [-0.05, 0) is 6.42 Å². The zero-order valence-electron chi connectivity index (χ0n) is 11.7. The Bertz CT molecular complexity index is 572. The third-order valence-corrected chi connectivity index (χ3v) is 4.41. The van der Waals surface area contributed by atoms with Crippen LogP contribution in [0.1, 0.15) is 46.7 Å². The second-order valence-corrected chi connectivity index (χ2v) is 6.25. The number of halogens is 1. The average Bonchev–Trinajstić information content (AvgIpc) is 3.08. The van der Waals surface area contributed by atoms with E-state index in [1.807, 2.05) is 0 Å². The van der Waals surface area contributed by atoms with Crippen LogP contribution in [0, 0.1) is 0 Å². The molecule has 0 aliphatic carbocycles. The molecule has 2 heterocycles. The first-order chi connectivity index (χ1) is 9.72. The highest BCUT2D eigenvalue weighted by Gasteiger charge is 2.13. The summed E-state index contributed by atoms with van der Waals surface area (Å²) >= 11 is 2.79. The van der Waals surface area contributed by atoms with Gasteiger partial charge in [-0.25, -0.2) is 4.98 Å². The van der Waals surface area contributed by atoms with Crippen molar-refractivity contribution in [1.29, 1.82) is 0 Å². The van der Waals surface area contributed by atoms with Crippen LogP contribution in [0.15, 0.2) is 5.38 Å². The van der Waals surface area contributed by atoms with Crippen LogP contribution in [0.4, 0.5) is 5.13 Å². The fraction of sp³-hybridized carbons (Fsp3) is 0.500. The molecular formula is C12H18ClN5OS2. The van der Waals surface area contributed by atoms with Gasteiger partial charge in [-0.2, -0.15) is 0 Å². The van der Waals surface area contributed by atoms with E-state index in [0.717, 1.165) is 22.9 Å². The lowest BCUT2D eigenvalue weighted by Gasteiger charge is -1.96. The number of carbonyl (C=O) groups is 1. The van der Waals surface area contributed by atoms with E-state index in [-0.39, 0.29) is 18.3 Å². The van der Waals surface area contributed by atoms with Crippen molar-refractivity contribution in [2.24, 2.45) is 5.73 Å². The number of nitrogens with two attached hydrogens (primary N) is 1. The van der Waals surface area contributed by atoms with E-state index in [1.165, 1.54) is 35.5 Å². The normalized spacial score (nSPS) is 10.2. The van der Waals surface area contributed by atoms with E-state index in [0.29, 0.717) is 17.4 Å². The number of rotatable bonds is 7. The van der Waals surface area contributed by atoms with Crippen molar-refractivity contribution in [3.63, 3.8) is 0 Å². The van der Waals surface area contributed by atoms with Gasteiger partial charge in [-0.1, -0.05) is 31.1 Å². The molecule has 116 valence electrons. The maximum Gasteiger partial charge on any atom is 0.276 e. The smallest absolute Gasteiger partial charge is 0.276 e. The highest BCUT2D eigenvalue weighted by Crippen LogP contribution is 2.18. The van der Waals surface area contributed by atoms with Crippen LogP contribution < -0.4 is 11.1 Å². The Balaban J connectivity index is 0.00000220. The molecule has 0 spiro atoms. The van der Waals surface area contributed by atoms with Gasteiger partial charge < -0.3 is 5.73 Å². The molecule has 0 radical (unpaired) electrons. The molecule has 0 saturated carbocycles. The second kappa shape index (κ2) is 9.04. The maximum atomic E-state index is 11.9. The van der Waals surface area contributed by atoms with Crippen LogP contribution in [0.2, 0.25) is 0 Å². The Kier molecular flexibility index (Phi) is 7.73. The lowest BCUT2D eigenvalue weighted by atomic mass is 10.2. The molecule has 0 aliphatic heterocycles. The predicted octanol–water partition coefficient (Wildman–Crippen LogP) is 2.86. The molecule has 0 aromatic carbocycles. The Morgan fingerprint density at radius 2 is 2.14 bits per heavy atom. The van der Waals surface area contributed by atoms with Crippen LogP contribution in [-0.2, 0) is 13.0 Å². The maximum absolute atomic E-state index is 11.9. The number of amides is 1. The molecule has 2 rings (SSSR count). The topological polar surface area (TPSA) is 93.8 Å². The Labute approximate surface area is 137 Å². The molecule has 0 bridgehead atoms. The second-order valence-electron chi connectivity index (χ2n) is 4.24. The first-order valence-corrected chi connectivity index (χ1v) is 8.20. The summed E-state index contributed by atoms with van der Waals surface area (Å²) in [6, 6.07) is 0. The van der Waals surface area contributed by atoms with Crippen LogP contribution in [0.3, 0.4) is 0 Å². The summed E-state index contributed by atoms with van der Waals surface area (Å²) in [5.41, 5.74) is 5.85. The number of anilines is 1. The van der Waals surface area contributed by atoms with Gasteiger partial charge in [0.2, 0.25) is 5.13 Å². The van der Waals surface area contributed by atoms with Gasteiger partial charge in [-0.15, -0.1) is 33.9 Å². The number of hydrogen-bond donors (Lipinski definition) is 2. The van der Waals surface area contributed by atoms with Gasteiger partial charge in [0.25, 0.3) is 5.91 Å². The van der Waals surface area contributed by atoms with E-state index < -0.39 is 0 Å². The first-order valence-electron chi connectivity index (χ1n) is 6.51. The number of hydrogen-bond acceptors (Lipinski definition) is 7. The summed E-state index contributed by atoms with van der Waals surface area (Å²) in [4.78, 5) is 16.1. The van der Waals surface area contributed by atoms with Crippen LogP contribution in [0.25, 0.3) is 0 Å². The van der Waals surface area contributed by atoms with E-state index >= 15 is 0 Å². The number of thiazole rings is 1. The molecule has 2 aromatic rings. The Hall–Kier alpha value is -1.09. The predicted molar refractivity (Wildman–Crippen MR) is 88.3 cm³/mol. The van der Waals surface area contributed by atoms with Gasteiger partial charge in [0.05, 0.1) is 0 Å². The molecule has 2 aromatic heterocycles. The van der Waals surface area contributed by atoms with E-state index in [9.17, 15) is 4.79 Å². The van der Waals surface area contributed by atoms with Crippen molar-refractivity contribution in [3.05, 3.63) is 21.1 Å². The largest absolute Gasteiger partial charge is 0.325 e. The minimum Gasteiger partial charge on any atom is -0.325 e. The summed E-state index contributed by atoms with van der Waals surface area (Å²) in [6.07, 6.45) is 4.37. The van der Waals surface area contributed by atoms with Gasteiger partial charge >= 0.3 is 0 Å². The summed E-state index contributed by atoms with van der Waals surface area (Å²) in [5.74, 6) is -0.266. The van der Waals surface area contributed by atoms with Crippen molar-refractivity contribution in [3.8, 4) is 0 Å². The minimum absolute atomic E-state index is 0. The zero-order chi connectivity index (χ0) is 14.4. The van der Waals surface area contributed by atoms with Gasteiger partial charge in [0, 0.05) is 18.3 Å². The van der Waals surface area contributed by atoms with E-state index in [1.54, 1.807) is 5.38 Å². The van der Waals surface area contributed by atoms with Crippen LogP contribution in [0.5, 0.6) is 0 Å². The quantitative estimate of drug-likeness (QED) is 0.751. The van der Waals surface area contributed by atoms with Gasteiger partial charge in [-0.3, -0.25) is 10.1 Å². The van der Waals surface area contributed by atoms with Crippen molar-refractivity contribution >= 4 is 46.1 Å². The van der Waals surface area contributed by atoms with Gasteiger partial charge in [0.15, 0.2) is 0 Å². The summed E-state index contributed by atoms with van der Waals surface area (Å²) in [6.45, 7) is 2.51. The Morgan fingerprint density at radius 3 is 2.81 bits per heavy atom. The molecule has 0 unspecified atom stereocenters. The van der Waals surface area contributed by atoms with E-state index in [2.05, 4.69) is 27.4 Å². The fourth-order valence-electron chi connectivity index (χ4n) is 1.60. The molecule has 0 fully saturated rings. The van der Waals surface area contributed by atoms with Gasteiger partial charge in [0.1, 0.15) is 15.7 Å². The summed E-state index contributed by atoms with van der Waals surface area (Å²) in [7, 11) is 0. The first kappa shape index (κ1) is 18.0. The summed E-state index contributed by atoms with van der Waals surface area (Å²) in [5, 5.41) is 14.7. The number of nitrogens with one attached hydrogen (secondary N) is 1. The molecule has 0 saturated heterocycles. The molecule has 1 amide bonds. The van der Waals surface area contributed by atoms with Crippen molar-refractivity contribution in [2.45, 2.75) is 39.2 Å². The number of unbranched alkanes of at least 4 members (excludes halogenated alkanes) is 2. The lowest BCUT2D eigenvalue weighted by molar-refractivity contribution is 0.102.